The molecule has 1 aromatic heterocycles. The van der Waals surface area contributed by atoms with Crippen molar-refractivity contribution in [1.29, 1.82) is 0 Å². The fourth-order valence-electron chi connectivity index (χ4n) is 2.70. The normalized spacial score (nSPS) is 11.2. The zero-order valence-electron chi connectivity index (χ0n) is 11.5. The molecule has 0 aliphatic carbocycles. The smallest absolute Gasteiger partial charge is 0.124 e. The minimum Gasteiger partial charge on any atom is -0.343 e. The van der Waals surface area contributed by atoms with Gasteiger partial charge < -0.3 is 10.3 Å². The first kappa shape index (κ1) is 14.3. The lowest BCUT2D eigenvalue weighted by molar-refractivity contribution is 0.623. The molecule has 0 amide bonds. The van der Waals surface area contributed by atoms with Crippen LogP contribution in [0.1, 0.15) is 11.1 Å². The van der Waals surface area contributed by atoms with Crippen LogP contribution in [-0.4, -0.2) is 11.1 Å². The second-order valence-electron chi connectivity index (χ2n) is 5.11. The van der Waals surface area contributed by atoms with Gasteiger partial charge in [0.2, 0.25) is 0 Å². The van der Waals surface area contributed by atoms with Gasteiger partial charge in [-0.1, -0.05) is 28.1 Å². The first-order valence-electron chi connectivity index (χ1n) is 6.89. The molecule has 4 heteroatoms. The molecule has 0 atom stereocenters. The van der Waals surface area contributed by atoms with Crippen LogP contribution < -0.4 is 5.73 Å². The third-order valence-electron chi connectivity index (χ3n) is 3.59. The van der Waals surface area contributed by atoms with Gasteiger partial charge >= 0.3 is 0 Å². The Balaban J connectivity index is 1.99. The maximum absolute atomic E-state index is 13.5. The minimum atomic E-state index is -0.223. The van der Waals surface area contributed by atoms with E-state index in [0.717, 1.165) is 22.0 Å². The van der Waals surface area contributed by atoms with Crippen molar-refractivity contribution in [2.75, 3.05) is 6.54 Å². The molecule has 2 nitrogen and oxygen atoms in total. The molecule has 0 saturated heterocycles. The van der Waals surface area contributed by atoms with Gasteiger partial charge in [0.05, 0.1) is 0 Å². The van der Waals surface area contributed by atoms with Crippen molar-refractivity contribution in [1.82, 2.24) is 4.57 Å². The van der Waals surface area contributed by atoms with Gasteiger partial charge in [0.15, 0.2) is 0 Å². The first-order chi connectivity index (χ1) is 10.2. The maximum atomic E-state index is 13.5. The monoisotopic (exact) mass is 346 g/mol. The van der Waals surface area contributed by atoms with Crippen LogP contribution in [0.3, 0.4) is 0 Å². The summed E-state index contributed by atoms with van der Waals surface area (Å²) in [6, 6.07) is 13.3. The molecule has 21 heavy (non-hydrogen) atoms. The molecule has 3 aromatic rings. The molecule has 2 N–H and O–H groups in total. The molecule has 1 heterocycles. The number of hydrogen-bond acceptors (Lipinski definition) is 1. The molecule has 2 aromatic carbocycles. The highest BCUT2D eigenvalue weighted by Crippen LogP contribution is 2.23. The Labute approximate surface area is 131 Å². The van der Waals surface area contributed by atoms with Gasteiger partial charge in [-0.2, -0.15) is 0 Å². The molecule has 0 unspecified atom stereocenters. The molecule has 0 spiro atoms. The van der Waals surface area contributed by atoms with E-state index in [1.807, 2.05) is 18.3 Å². The van der Waals surface area contributed by atoms with Crippen LogP contribution >= 0.6 is 15.9 Å². The van der Waals surface area contributed by atoms with Crippen molar-refractivity contribution in [3.63, 3.8) is 0 Å². The van der Waals surface area contributed by atoms with Crippen molar-refractivity contribution in [2.45, 2.75) is 13.0 Å². The van der Waals surface area contributed by atoms with E-state index in [-0.39, 0.29) is 5.82 Å². The third kappa shape index (κ3) is 3.01. The van der Waals surface area contributed by atoms with Gasteiger partial charge in [-0.25, -0.2) is 4.39 Å². The number of hydrogen-bond donors (Lipinski definition) is 1. The Morgan fingerprint density at radius 3 is 2.76 bits per heavy atom. The minimum absolute atomic E-state index is 0.223. The molecule has 3 rings (SSSR count). The summed E-state index contributed by atoms with van der Waals surface area (Å²) in [6.07, 6.45) is 2.91. The number of aromatic nitrogens is 1. The van der Waals surface area contributed by atoms with Gasteiger partial charge in [-0.15, -0.1) is 0 Å². The first-order valence-corrected chi connectivity index (χ1v) is 7.68. The largest absolute Gasteiger partial charge is 0.343 e. The SMILES string of the molecule is NCCc1cccc2c1ccn2Cc1cc(F)cc(Br)c1. The van der Waals surface area contributed by atoms with Gasteiger partial charge in [-0.05, 0) is 54.4 Å². The number of halogens is 2. The number of benzene rings is 2. The van der Waals surface area contributed by atoms with Crippen molar-refractivity contribution >= 4 is 26.8 Å². The van der Waals surface area contributed by atoms with E-state index in [2.05, 4.69) is 38.7 Å². The maximum Gasteiger partial charge on any atom is 0.124 e. The zero-order valence-corrected chi connectivity index (χ0v) is 13.1. The zero-order chi connectivity index (χ0) is 14.8. The van der Waals surface area contributed by atoms with Crippen LogP contribution in [0.25, 0.3) is 10.9 Å². The lowest BCUT2D eigenvalue weighted by atomic mass is 10.1. The quantitative estimate of drug-likeness (QED) is 0.757. The molecule has 0 aliphatic rings. The van der Waals surface area contributed by atoms with Crippen LogP contribution in [0.2, 0.25) is 0 Å². The Bertz CT molecular complexity index is 759. The lowest BCUT2D eigenvalue weighted by Gasteiger charge is -2.08. The molecule has 0 saturated carbocycles. The van der Waals surface area contributed by atoms with E-state index in [9.17, 15) is 4.39 Å². The van der Waals surface area contributed by atoms with Crippen LogP contribution in [-0.2, 0) is 13.0 Å². The average Bonchev–Trinajstić information content (AvgIpc) is 2.82. The van der Waals surface area contributed by atoms with E-state index in [0.29, 0.717) is 13.1 Å². The van der Waals surface area contributed by atoms with E-state index in [1.165, 1.54) is 17.0 Å². The summed E-state index contributed by atoms with van der Waals surface area (Å²) in [5.74, 6) is -0.223. The summed E-state index contributed by atoms with van der Waals surface area (Å²) in [5, 5.41) is 1.22. The topological polar surface area (TPSA) is 30.9 Å². The summed E-state index contributed by atoms with van der Waals surface area (Å²) >= 11 is 3.34. The van der Waals surface area contributed by atoms with Crippen molar-refractivity contribution in [2.24, 2.45) is 5.73 Å². The van der Waals surface area contributed by atoms with Crippen LogP contribution in [0, 0.1) is 5.82 Å². The highest BCUT2D eigenvalue weighted by Gasteiger charge is 2.06. The summed E-state index contributed by atoms with van der Waals surface area (Å²) in [7, 11) is 0. The van der Waals surface area contributed by atoms with Crippen molar-refractivity contribution in [3.8, 4) is 0 Å². The number of rotatable bonds is 4. The summed E-state index contributed by atoms with van der Waals surface area (Å²) in [4.78, 5) is 0. The predicted octanol–water partition coefficient (Wildman–Crippen LogP) is 4.09. The third-order valence-corrected chi connectivity index (χ3v) is 4.05. The molecule has 0 radical (unpaired) electrons. The van der Waals surface area contributed by atoms with Crippen molar-refractivity contribution < 1.29 is 4.39 Å². The Hall–Kier alpha value is -1.65. The summed E-state index contributed by atoms with van der Waals surface area (Å²) in [5.41, 5.74) is 9.01. The van der Waals surface area contributed by atoms with E-state index in [4.69, 9.17) is 5.73 Å². The van der Waals surface area contributed by atoms with Crippen LogP contribution in [0.15, 0.2) is 53.1 Å². The Kier molecular flexibility index (Phi) is 4.08. The van der Waals surface area contributed by atoms with Gasteiger partial charge in [0, 0.05) is 28.1 Å². The highest BCUT2D eigenvalue weighted by atomic mass is 79.9. The summed E-state index contributed by atoms with van der Waals surface area (Å²) < 4.78 is 16.4. The Morgan fingerprint density at radius 1 is 1.14 bits per heavy atom. The second kappa shape index (κ2) is 6.00. The standard InChI is InChI=1S/C17H16BrFN2/c18-14-8-12(9-15(19)10-14)11-21-7-5-16-13(4-6-20)2-1-3-17(16)21/h1-3,5,7-10H,4,6,11,20H2. The molecule has 0 bridgehead atoms. The average molecular weight is 347 g/mol. The number of fused-ring (bicyclic) bond motifs is 1. The predicted molar refractivity (Wildman–Crippen MR) is 87.9 cm³/mol. The molecule has 108 valence electrons. The highest BCUT2D eigenvalue weighted by molar-refractivity contribution is 9.10. The summed E-state index contributed by atoms with van der Waals surface area (Å²) in [6.45, 7) is 1.28. The number of nitrogens with two attached hydrogens (primary N) is 1. The van der Waals surface area contributed by atoms with Gasteiger partial charge in [-0.3, -0.25) is 0 Å². The fourth-order valence-corrected chi connectivity index (χ4v) is 3.21. The van der Waals surface area contributed by atoms with Crippen LogP contribution in [0.4, 0.5) is 4.39 Å². The van der Waals surface area contributed by atoms with E-state index in [1.54, 1.807) is 6.07 Å². The molecular weight excluding hydrogens is 331 g/mol. The molecule has 0 aliphatic heterocycles. The van der Waals surface area contributed by atoms with E-state index < -0.39 is 0 Å². The van der Waals surface area contributed by atoms with Crippen molar-refractivity contribution in [3.05, 3.63) is 70.1 Å². The Morgan fingerprint density at radius 2 is 2.00 bits per heavy atom. The lowest BCUT2D eigenvalue weighted by Crippen LogP contribution is -2.03. The number of nitrogens with zero attached hydrogens (tertiary/aromatic N) is 1. The fraction of sp³-hybridized carbons (Fsp3) is 0.176. The van der Waals surface area contributed by atoms with Crippen LogP contribution in [0.5, 0.6) is 0 Å². The second-order valence-corrected chi connectivity index (χ2v) is 6.03. The van der Waals surface area contributed by atoms with Gasteiger partial charge in [0.25, 0.3) is 0 Å². The molecule has 0 fully saturated rings. The van der Waals surface area contributed by atoms with E-state index >= 15 is 0 Å². The molecular formula is C17H16BrFN2. The van der Waals surface area contributed by atoms with Gasteiger partial charge in [0.1, 0.15) is 5.82 Å².